The van der Waals surface area contributed by atoms with Crippen molar-refractivity contribution in [3.05, 3.63) is 105 Å². The lowest BCUT2D eigenvalue weighted by Crippen LogP contribution is -2.29. The molecule has 0 heterocycles. The van der Waals surface area contributed by atoms with E-state index in [1.165, 1.54) is 11.1 Å². The Hall–Kier alpha value is -1.90. The number of benzene rings is 3. The highest BCUT2D eigenvalue weighted by molar-refractivity contribution is 9.10. The minimum Gasteiger partial charge on any atom is -0.376 e. The minimum atomic E-state index is -1.19. The van der Waals surface area contributed by atoms with Gasteiger partial charge in [0.25, 0.3) is 0 Å². The van der Waals surface area contributed by atoms with E-state index in [2.05, 4.69) is 15.9 Å². The molecule has 3 rings (SSSR count). The predicted octanol–water partition coefficient (Wildman–Crippen LogP) is 5.35. The third-order valence-corrected chi connectivity index (χ3v) is 4.89. The van der Waals surface area contributed by atoms with Gasteiger partial charge in [0.05, 0.1) is 0 Å². The molecule has 1 N–H and O–H groups in total. The molecule has 116 valence electrons. The quantitative estimate of drug-likeness (QED) is 0.619. The molecule has 0 saturated heterocycles. The van der Waals surface area contributed by atoms with Crippen molar-refractivity contribution in [1.29, 1.82) is 0 Å². The lowest BCUT2D eigenvalue weighted by Gasteiger charge is -2.31. The molecule has 1 nitrogen and oxygen atoms in total. The Kier molecular flexibility index (Phi) is 4.38. The molecule has 0 radical (unpaired) electrons. The highest BCUT2D eigenvalue weighted by Crippen LogP contribution is 2.40. The fourth-order valence-corrected chi connectivity index (χ4v) is 3.39. The first kappa shape index (κ1) is 16.0. The average Bonchev–Trinajstić information content (AvgIpc) is 2.56. The van der Waals surface area contributed by atoms with Crippen LogP contribution in [0.5, 0.6) is 0 Å². The van der Waals surface area contributed by atoms with Gasteiger partial charge in [-0.3, -0.25) is 0 Å². The normalized spacial score (nSPS) is 11.5. The van der Waals surface area contributed by atoms with Gasteiger partial charge < -0.3 is 5.11 Å². The number of aliphatic hydroxyl groups is 1. The molecule has 0 spiro atoms. The molecule has 0 bridgehead atoms. The van der Waals surface area contributed by atoms with Gasteiger partial charge in [-0.1, -0.05) is 93.8 Å². The molecular weight excluding hydrogens is 348 g/mol. The molecular formula is C21H19BrO. The van der Waals surface area contributed by atoms with E-state index in [0.29, 0.717) is 0 Å². The lowest BCUT2D eigenvalue weighted by molar-refractivity contribution is 0.125. The van der Waals surface area contributed by atoms with Crippen LogP contribution >= 0.6 is 15.9 Å². The van der Waals surface area contributed by atoms with Gasteiger partial charge in [0.2, 0.25) is 0 Å². The van der Waals surface area contributed by atoms with Gasteiger partial charge in [0.15, 0.2) is 0 Å². The molecule has 23 heavy (non-hydrogen) atoms. The first-order valence-corrected chi connectivity index (χ1v) is 8.43. The Morgan fingerprint density at radius 2 is 1.13 bits per heavy atom. The number of hydrogen-bond acceptors (Lipinski definition) is 1. The zero-order chi connectivity index (χ0) is 16.4. The summed E-state index contributed by atoms with van der Waals surface area (Å²) >= 11 is 3.60. The molecule has 0 saturated carbocycles. The maximum Gasteiger partial charge on any atom is 0.141 e. The van der Waals surface area contributed by atoms with Gasteiger partial charge in [-0.15, -0.1) is 0 Å². The van der Waals surface area contributed by atoms with E-state index in [1.54, 1.807) is 0 Å². The van der Waals surface area contributed by atoms with Crippen LogP contribution in [0.4, 0.5) is 0 Å². The van der Waals surface area contributed by atoms with Gasteiger partial charge in [-0.05, 0) is 31.0 Å². The van der Waals surface area contributed by atoms with Crippen molar-refractivity contribution in [3.63, 3.8) is 0 Å². The van der Waals surface area contributed by atoms with Gasteiger partial charge >= 0.3 is 0 Å². The van der Waals surface area contributed by atoms with Crippen molar-refractivity contribution in [3.8, 4) is 0 Å². The Balaban J connectivity index is 2.27. The molecule has 0 aliphatic heterocycles. The molecule has 3 aromatic rings. The zero-order valence-electron chi connectivity index (χ0n) is 13.3. The van der Waals surface area contributed by atoms with E-state index in [1.807, 2.05) is 86.6 Å². The highest BCUT2D eigenvalue weighted by Gasteiger charge is 2.35. The Morgan fingerprint density at radius 3 is 1.57 bits per heavy atom. The molecule has 0 atom stereocenters. The molecule has 3 aromatic carbocycles. The summed E-state index contributed by atoms with van der Waals surface area (Å²) < 4.78 is 0.892. The smallest absolute Gasteiger partial charge is 0.141 e. The minimum absolute atomic E-state index is 0.840. The van der Waals surface area contributed by atoms with Crippen LogP contribution in [0.1, 0.15) is 27.8 Å². The first-order chi connectivity index (χ1) is 11.0. The summed E-state index contributed by atoms with van der Waals surface area (Å²) in [5.74, 6) is 0. The molecule has 0 unspecified atom stereocenters. The fraction of sp³-hybridized carbons (Fsp3) is 0.143. The number of hydrogen-bond donors (Lipinski definition) is 1. The Labute approximate surface area is 145 Å². The molecule has 2 heteroatoms. The summed E-state index contributed by atoms with van der Waals surface area (Å²) in [6, 6.07) is 23.9. The first-order valence-electron chi connectivity index (χ1n) is 7.63. The zero-order valence-corrected chi connectivity index (χ0v) is 14.8. The third-order valence-electron chi connectivity index (χ3n) is 4.20. The van der Waals surface area contributed by atoms with Crippen LogP contribution in [0.25, 0.3) is 0 Å². The van der Waals surface area contributed by atoms with Crippen molar-refractivity contribution in [2.75, 3.05) is 0 Å². The Bertz CT molecular complexity index is 759. The number of rotatable bonds is 3. The van der Waals surface area contributed by atoms with Crippen LogP contribution in [-0.2, 0) is 5.60 Å². The molecule has 0 amide bonds. The van der Waals surface area contributed by atoms with Crippen molar-refractivity contribution in [2.24, 2.45) is 0 Å². The monoisotopic (exact) mass is 366 g/mol. The Morgan fingerprint density at radius 1 is 0.696 bits per heavy atom. The van der Waals surface area contributed by atoms with Gasteiger partial charge in [0.1, 0.15) is 5.60 Å². The summed E-state index contributed by atoms with van der Waals surface area (Å²) in [6.07, 6.45) is 0. The van der Waals surface area contributed by atoms with Crippen LogP contribution in [0.15, 0.2) is 77.3 Å². The topological polar surface area (TPSA) is 20.2 Å². The SMILES string of the molecule is Cc1ccc(C(O)(c2ccc(C)cc2)c2ccccc2Br)cc1. The fourth-order valence-electron chi connectivity index (χ4n) is 2.82. The molecule has 0 aliphatic carbocycles. The van der Waals surface area contributed by atoms with Crippen LogP contribution in [0, 0.1) is 13.8 Å². The second kappa shape index (κ2) is 6.31. The number of halogens is 1. The van der Waals surface area contributed by atoms with Crippen LogP contribution < -0.4 is 0 Å². The molecule has 0 aromatic heterocycles. The van der Waals surface area contributed by atoms with Gasteiger partial charge in [-0.25, -0.2) is 0 Å². The lowest BCUT2D eigenvalue weighted by atomic mass is 9.80. The van der Waals surface area contributed by atoms with Gasteiger partial charge in [-0.2, -0.15) is 0 Å². The second-order valence-corrected chi connectivity index (χ2v) is 6.78. The van der Waals surface area contributed by atoms with E-state index in [4.69, 9.17) is 0 Å². The number of aryl methyl sites for hydroxylation is 2. The van der Waals surface area contributed by atoms with Gasteiger partial charge in [0, 0.05) is 10.0 Å². The van der Waals surface area contributed by atoms with Crippen molar-refractivity contribution in [2.45, 2.75) is 19.4 Å². The van der Waals surface area contributed by atoms with Crippen LogP contribution in [0.3, 0.4) is 0 Å². The summed E-state index contributed by atoms with van der Waals surface area (Å²) in [4.78, 5) is 0. The maximum absolute atomic E-state index is 11.8. The standard InChI is InChI=1S/C21H19BrO/c1-15-7-11-17(12-8-15)21(23,18-13-9-16(2)10-14-18)19-5-3-4-6-20(19)22/h3-14,23H,1-2H3. The van der Waals surface area contributed by atoms with Crippen LogP contribution in [-0.4, -0.2) is 5.11 Å². The third kappa shape index (κ3) is 2.97. The highest BCUT2D eigenvalue weighted by atomic mass is 79.9. The maximum atomic E-state index is 11.8. The van der Waals surface area contributed by atoms with E-state index in [-0.39, 0.29) is 0 Å². The van der Waals surface area contributed by atoms with E-state index >= 15 is 0 Å². The van der Waals surface area contributed by atoms with E-state index in [9.17, 15) is 5.11 Å². The summed E-state index contributed by atoms with van der Waals surface area (Å²) in [5, 5.41) is 11.8. The summed E-state index contributed by atoms with van der Waals surface area (Å²) in [7, 11) is 0. The van der Waals surface area contributed by atoms with Crippen molar-refractivity contribution in [1.82, 2.24) is 0 Å². The van der Waals surface area contributed by atoms with Crippen LogP contribution in [0.2, 0.25) is 0 Å². The summed E-state index contributed by atoms with van der Waals surface area (Å²) in [6.45, 7) is 4.10. The molecule has 0 fully saturated rings. The summed E-state index contributed by atoms with van der Waals surface area (Å²) in [5.41, 5.74) is 3.71. The van der Waals surface area contributed by atoms with Crippen molar-refractivity contribution >= 4 is 15.9 Å². The largest absolute Gasteiger partial charge is 0.376 e. The predicted molar refractivity (Wildman–Crippen MR) is 98.6 cm³/mol. The molecule has 0 aliphatic rings. The van der Waals surface area contributed by atoms with Crippen molar-refractivity contribution < 1.29 is 5.11 Å². The van der Waals surface area contributed by atoms with E-state index in [0.717, 1.165) is 21.2 Å². The average molecular weight is 367 g/mol. The van der Waals surface area contributed by atoms with E-state index < -0.39 is 5.60 Å². The second-order valence-electron chi connectivity index (χ2n) is 5.92.